The second-order valence-corrected chi connectivity index (χ2v) is 3.39. The molecule has 0 fully saturated rings. The molecule has 0 saturated carbocycles. The number of ether oxygens (including phenoxy) is 1. The molecule has 1 atom stereocenters. The molecule has 1 aromatic rings. The van der Waals surface area contributed by atoms with Gasteiger partial charge in [0.1, 0.15) is 5.75 Å². The predicted octanol–water partition coefficient (Wildman–Crippen LogP) is 2.51. The Labute approximate surface area is 80.3 Å². The lowest BCUT2D eigenvalue weighted by molar-refractivity contribution is 0.193. The largest absolute Gasteiger partial charge is 0.496 e. The van der Waals surface area contributed by atoms with Gasteiger partial charge in [0.25, 0.3) is 0 Å². The molecule has 0 heterocycles. The van der Waals surface area contributed by atoms with Crippen LogP contribution in [0.3, 0.4) is 0 Å². The number of hydrogen-bond donors (Lipinski definition) is 1. The van der Waals surface area contributed by atoms with Crippen molar-refractivity contribution in [2.75, 3.05) is 7.11 Å². The minimum atomic E-state index is -0.518. The summed E-state index contributed by atoms with van der Waals surface area (Å²) in [5.74, 6) is 0.708. The molecule has 3 heteroatoms. The van der Waals surface area contributed by atoms with Crippen molar-refractivity contribution in [1.29, 1.82) is 0 Å². The fourth-order valence-electron chi connectivity index (χ4n) is 1.10. The third kappa shape index (κ3) is 1.79. The zero-order chi connectivity index (χ0) is 9.14. The lowest BCUT2D eigenvalue weighted by atomic mass is 10.1. The summed E-state index contributed by atoms with van der Waals surface area (Å²) >= 11 is 3.35. The molecule has 0 spiro atoms. The summed E-state index contributed by atoms with van der Waals surface area (Å²) in [7, 11) is 1.59. The van der Waals surface area contributed by atoms with Crippen LogP contribution in [0.15, 0.2) is 22.7 Å². The van der Waals surface area contributed by atoms with Gasteiger partial charge < -0.3 is 9.84 Å². The summed E-state index contributed by atoms with van der Waals surface area (Å²) in [5.41, 5.74) is 0.792. The quantitative estimate of drug-likeness (QED) is 0.847. The van der Waals surface area contributed by atoms with Crippen LogP contribution in [0.4, 0.5) is 0 Å². The van der Waals surface area contributed by atoms with E-state index in [-0.39, 0.29) is 0 Å². The Balaban J connectivity index is 3.20. The normalized spacial score (nSPS) is 12.7. The minimum absolute atomic E-state index is 0.518. The van der Waals surface area contributed by atoms with Gasteiger partial charge in [-0.25, -0.2) is 0 Å². The fourth-order valence-corrected chi connectivity index (χ4v) is 1.78. The molecule has 0 amide bonds. The zero-order valence-corrected chi connectivity index (χ0v) is 8.63. The van der Waals surface area contributed by atoms with E-state index in [1.165, 1.54) is 0 Å². The lowest BCUT2D eigenvalue weighted by Crippen LogP contribution is -1.97. The van der Waals surface area contributed by atoms with Crippen molar-refractivity contribution >= 4 is 15.9 Å². The molecule has 0 bridgehead atoms. The molecule has 1 unspecified atom stereocenters. The van der Waals surface area contributed by atoms with Gasteiger partial charge in [-0.1, -0.05) is 22.0 Å². The van der Waals surface area contributed by atoms with E-state index in [1.807, 2.05) is 18.2 Å². The maximum absolute atomic E-state index is 9.41. The summed E-state index contributed by atoms with van der Waals surface area (Å²) < 4.78 is 5.97. The van der Waals surface area contributed by atoms with Gasteiger partial charge in [0.05, 0.1) is 13.2 Å². The van der Waals surface area contributed by atoms with Gasteiger partial charge in [-0.15, -0.1) is 0 Å². The Morgan fingerprint density at radius 3 is 2.58 bits per heavy atom. The maximum Gasteiger partial charge on any atom is 0.125 e. The molecule has 1 N–H and O–H groups in total. The van der Waals surface area contributed by atoms with Gasteiger partial charge in [0, 0.05) is 10.0 Å². The van der Waals surface area contributed by atoms with Crippen molar-refractivity contribution in [3.63, 3.8) is 0 Å². The van der Waals surface area contributed by atoms with Crippen LogP contribution in [-0.2, 0) is 0 Å². The number of hydrogen-bond acceptors (Lipinski definition) is 2. The molecule has 0 radical (unpaired) electrons. The van der Waals surface area contributed by atoms with Crippen LogP contribution in [0.2, 0.25) is 0 Å². The molecule has 1 aromatic carbocycles. The summed E-state index contributed by atoms with van der Waals surface area (Å²) in [5, 5.41) is 9.41. The molecular weight excluding hydrogens is 220 g/mol. The molecule has 12 heavy (non-hydrogen) atoms. The van der Waals surface area contributed by atoms with Gasteiger partial charge in [-0.05, 0) is 19.1 Å². The first-order valence-corrected chi connectivity index (χ1v) is 4.46. The van der Waals surface area contributed by atoms with E-state index in [1.54, 1.807) is 14.0 Å². The third-order valence-corrected chi connectivity index (χ3v) is 2.34. The van der Waals surface area contributed by atoms with Crippen LogP contribution in [0, 0.1) is 0 Å². The molecule has 1 rings (SSSR count). The summed E-state index contributed by atoms with van der Waals surface area (Å²) in [4.78, 5) is 0. The Morgan fingerprint density at radius 2 is 2.17 bits per heavy atom. The Hall–Kier alpha value is -0.540. The van der Waals surface area contributed by atoms with Crippen LogP contribution in [0.1, 0.15) is 18.6 Å². The molecule has 0 aromatic heterocycles. The number of aliphatic hydroxyl groups is 1. The highest BCUT2D eigenvalue weighted by Gasteiger charge is 2.11. The molecule has 0 aliphatic heterocycles. The topological polar surface area (TPSA) is 29.5 Å². The molecule has 2 nitrogen and oxygen atoms in total. The number of benzene rings is 1. The molecule has 0 aliphatic rings. The molecule has 0 aliphatic carbocycles. The van der Waals surface area contributed by atoms with Crippen LogP contribution < -0.4 is 4.74 Å². The number of halogens is 1. The predicted molar refractivity (Wildman–Crippen MR) is 51.3 cm³/mol. The standard InChI is InChI=1S/C9H11BrO2/c1-6(11)9-7(10)4-3-5-8(9)12-2/h3-6,11H,1-2H3. The SMILES string of the molecule is COc1cccc(Br)c1C(C)O. The van der Waals surface area contributed by atoms with Gasteiger partial charge in [-0.2, -0.15) is 0 Å². The average Bonchev–Trinajstić information content (AvgIpc) is 2.03. The van der Waals surface area contributed by atoms with Gasteiger partial charge in [0.15, 0.2) is 0 Å². The second-order valence-electron chi connectivity index (χ2n) is 2.53. The van der Waals surface area contributed by atoms with Gasteiger partial charge in [0.2, 0.25) is 0 Å². The highest BCUT2D eigenvalue weighted by atomic mass is 79.9. The van der Waals surface area contributed by atoms with E-state index >= 15 is 0 Å². The smallest absolute Gasteiger partial charge is 0.125 e. The van der Waals surface area contributed by atoms with Gasteiger partial charge >= 0.3 is 0 Å². The van der Waals surface area contributed by atoms with E-state index in [2.05, 4.69) is 15.9 Å². The number of aliphatic hydroxyl groups excluding tert-OH is 1. The monoisotopic (exact) mass is 230 g/mol. The van der Waals surface area contributed by atoms with Crippen molar-refractivity contribution in [2.45, 2.75) is 13.0 Å². The van der Waals surface area contributed by atoms with Crippen LogP contribution in [-0.4, -0.2) is 12.2 Å². The van der Waals surface area contributed by atoms with Crippen molar-refractivity contribution < 1.29 is 9.84 Å². The minimum Gasteiger partial charge on any atom is -0.496 e. The second kappa shape index (κ2) is 3.92. The summed E-state index contributed by atoms with van der Waals surface area (Å²) in [6.07, 6.45) is -0.518. The average molecular weight is 231 g/mol. The van der Waals surface area contributed by atoms with E-state index < -0.39 is 6.10 Å². The Morgan fingerprint density at radius 1 is 1.50 bits per heavy atom. The highest BCUT2D eigenvalue weighted by Crippen LogP contribution is 2.31. The van der Waals surface area contributed by atoms with Crippen LogP contribution in [0.25, 0.3) is 0 Å². The Kier molecular flexibility index (Phi) is 3.12. The molecule has 0 saturated heterocycles. The number of methoxy groups -OCH3 is 1. The Bertz CT molecular complexity index is 271. The van der Waals surface area contributed by atoms with Crippen molar-refractivity contribution in [3.05, 3.63) is 28.2 Å². The summed E-state index contributed by atoms with van der Waals surface area (Å²) in [6, 6.07) is 5.58. The lowest BCUT2D eigenvalue weighted by Gasteiger charge is -2.12. The third-order valence-electron chi connectivity index (χ3n) is 1.65. The van der Waals surface area contributed by atoms with E-state index in [0.717, 1.165) is 10.0 Å². The number of rotatable bonds is 2. The molecular formula is C9H11BrO2. The van der Waals surface area contributed by atoms with E-state index in [0.29, 0.717) is 5.75 Å². The fraction of sp³-hybridized carbons (Fsp3) is 0.333. The van der Waals surface area contributed by atoms with Crippen LogP contribution >= 0.6 is 15.9 Å². The van der Waals surface area contributed by atoms with Crippen molar-refractivity contribution in [1.82, 2.24) is 0 Å². The van der Waals surface area contributed by atoms with Crippen molar-refractivity contribution in [2.24, 2.45) is 0 Å². The van der Waals surface area contributed by atoms with Crippen LogP contribution in [0.5, 0.6) is 5.75 Å². The first-order valence-electron chi connectivity index (χ1n) is 3.67. The first kappa shape index (κ1) is 9.55. The first-order chi connectivity index (χ1) is 5.66. The van der Waals surface area contributed by atoms with E-state index in [4.69, 9.17) is 4.74 Å². The van der Waals surface area contributed by atoms with E-state index in [9.17, 15) is 5.11 Å². The van der Waals surface area contributed by atoms with Crippen molar-refractivity contribution in [3.8, 4) is 5.75 Å². The maximum atomic E-state index is 9.41. The molecule has 66 valence electrons. The summed E-state index contributed by atoms with van der Waals surface area (Å²) in [6.45, 7) is 1.71. The van der Waals surface area contributed by atoms with Gasteiger partial charge in [-0.3, -0.25) is 0 Å². The zero-order valence-electron chi connectivity index (χ0n) is 7.04. The highest BCUT2D eigenvalue weighted by molar-refractivity contribution is 9.10.